The highest BCUT2D eigenvalue weighted by Crippen LogP contribution is 2.11. The summed E-state index contributed by atoms with van der Waals surface area (Å²) in [6.07, 6.45) is 5.61. The van der Waals surface area contributed by atoms with Crippen molar-refractivity contribution in [3.05, 3.63) is 101 Å². The third-order valence-electron chi connectivity index (χ3n) is 4.99. The van der Waals surface area contributed by atoms with Crippen molar-refractivity contribution in [3.63, 3.8) is 0 Å². The Morgan fingerprint density at radius 2 is 1.85 bits per heavy atom. The van der Waals surface area contributed by atoms with E-state index in [1.165, 1.54) is 23.0 Å². The van der Waals surface area contributed by atoms with Crippen molar-refractivity contribution in [1.29, 1.82) is 0 Å². The smallest absolute Gasteiger partial charge is 0.281 e. The molecule has 5 aromatic rings. The molecule has 0 atom stereocenters. The molecule has 0 aliphatic heterocycles. The molecule has 0 unspecified atom stereocenters. The van der Waals surface area contributed by atoms with Gasteiger partial charge in [0, 0.05) is 18.6 Å². The van der Waals surface area contributed by atoms with Crippen LogP contribution in [0.1, 0.15) is 26.5 Å². The number of hydrogen-bond acceptors (Lipinski definition) is 6. The zero-order chi connectivity index (χ0) is 22.8. The molecule has 1 aromatic carbocycles. The molecule has 2 amide bonds. The van der Waals surface area contributed by atoms with Crippen molar-refractivity contribution < 1.29 is 9.59 Å². The van der Waals surface area contributed by atoms with Gasteiger partial charge in [0.2, 0.25) is 0 Å². The lowest BCUT2D eigenvalue weighted by Gasteiger charge is -2.08. The number of benzene rings is 1. The minimum Gasteiger partial charge on any atom is -0.345 e. The maximum absolute atomic E-state index is 12.9. The van der Waals surface area contributed by atoms with E-state index in [-0.39, 0.29) is 23.7 Å². The summed E-state index contributed by atoms with van der Waals surface area (Å²) in [7, 11) is 0. The molecule has 10 nitrogen and oxygen atoms in total. The molecule has 10 heteroatoms. The van der Waals surface area contributed by atoms with Crippen molar-refractivity contribution in [1.82, 2.24) is 29.7 Å². The molecule has 0 saturated carbocycles. The van der Waals surface area contributed by atoms with Crippen molar-refractivity contribution >= 4 is 34.2 Å². The predicted molar refractivity (Wildman–Crippen MR) is 121 cm³/mol. The van der Waals surface area contributed by atoms with Gasteiger partial charge in [-0.3, -0.25) is 23.8 Å². The number of nitrogens with one attached hydrogen (secondary N) is 3. The molecule has 0 aliphatic rings. The molecule has 4 heterocycles. The number of nitrogens with zero attached hydrogens (tertiary/aromatic N) is 4. The summed E-state index contributed by atoms with van der Waals surface area (Å²) in [5, 5.41) is 5.32. The van der Waals surface area contributed by atoms with Crippen LogP contribution in [0, 0.1) is 0 Å². The maximum Gasteiger partial charge on any atom is 0.281 e. The lowest BCUT2D eigenvalue weighted by Crippen LogP contribution is -2.26. The maximum atomic E-state index is 12.9. The number of anilines is 1. The fraction of sp³-hybridized carbons (Fsp3) is 0.0435. The number of aromatic nitrogens is 5. The van der Waals surface area contributed by atoms with Crippen LogP contribution in [0.5, 0.6) is 0 Å². The normalized spacial score (nSPS) is 10.9. The molecular formula is C23H17N7O3. The molecule has 3 N–H and O–H groups in total. The first-order valence-corrected chi connectivity index (χ1v) is 10.0. The summed E-state index contributed by atoms with van der Waals surface area (Å²) >= 11 is 0. The Hall–Kier alpha value is -4.86. The van der Waals surface area contributed by atoms with Crippen LogP contribution in [0.15, 0.2) is 78.1 Å². The van der Waals surface area contributed by atoms with E-state index in [1.807, 2.05) is 24.3 Å². The second-order valence-corrected chi connectivity index (χ2v) is 7.20. The van der Waals surface area contributed by atoms with Gasteiger partial charge in [0.15, 0.2) is 0 Å². The van der Waals surface area contributed by atoms with Crippen LogP contribution in [0.3, 0.4) is 0 Å². The quantitative estimate of drug-likeness (QED) is 0.384. The highest BCUT2D eigenvalue weighted by molar-refractivity contribution is 6.03. The van der Waals surface area contributed by atoms with Crippen LogP contribution in [-0.4, -0.2) is 36.2 Å². The third kappa shape index (κ3) is 4.04. The van der Waals surface area contributed by atoms with Gasteiger partial charge in [-0.1, -0.05) is 12.1 Å². The van der Waals surface area contributed by atoms with E-state index < -0.39 is 11.5 Å². The van der Waals surface area contributed by atoms with Crippen LogP contribution in [0.2, 0.25) is 0 Å². The lowest BCUT2D eigenvalue weighted by molar-refractivity contribution is 0.0948. The van der Waals surface area contributed by atoms with Crippen LogP contribution in [0.25, 0.3) is 16.7 Å². The van der Waals surface area contributed by atoms with Gasteiger partial charge >= 0.3 is 0 Å². The van der Waals surface area contributed by atoms with Crippen LogP contribution in [0.4, 0.5) is 5.69 Å². The number of carbonyl (C=O) groups excluding carboxylic acids is 2. The number of pyridine rings is 2. The fourth-order valence-electron chi connectivity index (χ4n) is 3.34. The van der Waals surface area contributed by atoms with Crippen LogP contribution >= 0.6 is 0 Å². The number of amides is 2. The van der Waals surface area contributed by atoms with Crippen molar-refractivity contribution in [2.45, 2.75) is 6.54 Å². The average Bonchev–Trinajstić information content (AvgIpc) is 3.28. The molecule has 5 rings (SSSR count). The Labute approximate surface area is 186 Å². The minimum absolute atomic E-state index is 0.0128. The first-order valence-electron chi connectivity index (χ1n) is 10.0. The van der Waals surface area contributed by atoms with E-state index in [1.54, 1.807) is 30.5 Å². The van der Waals surface area contributed by atoms with Crippen LogP contribution < -0.4 is 16.2 Å². The van der Waals surface area contributed by atoms with Crippen molar-refractivity contribution in [3.8, 4) is 0 Å². The Morgan fingerprint density at radius 3 is 2.67 bits per heavy atom. The largest absolute Gasteiger partial charge is 0.345 e. The molecule has 33 heavy (non-hydrogen) atoms. The topological polar surface area (TPSA) is 134 Å². The number of H-pyrrole nitrogens is 1. The molecule has 4 aromatic heterocycles. The molecule has 0 spiro atoms. The monoisotopic (exact) mass is 439 g/mol. The molecule has 0 radical (unpaired) electrons. The van der Waals surface area contributed by atoms with Gasteiger partial charge in [0.25, 0.3) is 17.4 Å². The second kappa shape index (κ2) is 8.35. The SMILES string of the molecule is O=C(NCc1nc2ccccc2[nH]1)c1ccc2ncc(NC(=O)c3cccnc3)c(=O)n2c1. The molecule has 0 fully saturated rings. The number of hydrogen-bond donors (Lipinski definition) is 3. The van der Waals surface area contributed by atoms with Gasteiger partial charge in [-0.05, 0) is 36.4 Å². The number of aromatic amines is 1. The zero-order valence-electron chi connectivity index (χ0n) is 17.1. The third-order valence-corrected chi connectivity index (χ3v) is 4.99. The van der Waals surface area contributed by atoms with E-state index in [0.717, 1.165) is 11.0 Å². The number of para-hydroxylation sites is 2. The van der Waals surface area contributed by atoms with Crippen molar-refractivity contribution in [2.75, 3.05) is 5.32 Å². The second-order valence-electron chi connectivity index (χ2n) is 7.20. The Bertz CT molecular complexity index is 1520. The van der Waals surface area contributed by atoms with E-state index in [2.05, 4.69) is 30.6 Å². The number of imidazole rings is 1. The number of rotatable bonds is 5. The Balaban J connectivity index is 1.36. The number of carbonyl (C=O) groups is 2. The summed E-state index contributed by atoms with van der Waals surface area (Å²) in [6.45, 7) is 0.194. The van der Waals surface area contributed by atoms with Gasteiger partial charge in [-0.25, -0.2) is 9.97 Å². The van der Waals surface area contributed by atoms with E-state index in [0.29, 0.717) is 17.0 Å². The van der Waals surface area contributed by atoms with Gasteiger partial charge < -0.3 is 15.6 Å². The zero-order valence-corrected chi connectivity index (χ0v) is 17.1. The van der Waals surface area contributed by atoms with Gasteiger partial charge in [-0.2, -0.15) is 0 Å². The average molecular weight is 439 g/mol. The molecule has 0 bridgehead atoms. The predicted octanol–water partition coefficient (Wildman–Crippen LogP) is 2.15. The fourth-order valence-corrected chi connectivity index (χ4v) is 3.34. The van der Waals surface area contributed by atoms with E-state index in [4.69, 9.17) is 0 Å². The molecule has 162 valence electrons. The van der Waals surface area contributed by atoms with Gasteiger partial charge in [0.05, 0.1) is 34.9 Å². The van der Waals surface area contributed by atoms with E-state index in [9.17, 15) is 14.4 Å². The summed E-state index contributed by atoms with van der Waals surface area (Å²) in [6, 6.07) is 13.9. The minimum atomic E-state index is -0.510. The summed E-state index contributed by atoms with van der Waals surface area (Å²) < 4.78 is 1.22. The molecule has 0 saturated heterocycles. The van der Waals surface area contributed by atoms with Crippen molar-refractivity contribution in [2.24, 2.45) is 0 Å². The highest BCUT2D eigenvalue weighted by Gasteiger charge is 2.13. The highest BCUT2D eigenvalue weighted by atomic mass is 16.2. The van der Waals surface area contributed by atoms with Gasteiger partial charge in [0.1, 0.15) is 17.2 Å². The number of fused-ring (bicyclic) bond motifs is 2. The Morgan fingerprint density at radius 1 is 0.970 bits per heavy atom. The molecular weight excluding hydrogens is 422 g/mol. The summed E-state index contributed by atoms with van der Waals surface area (Å²) in [5.41, 5.74) is 2.08. The summed E-state index contributed by atoms with van der Waals surface area (Å²) in [5.74, 6) is -0.250. The van der Waals surface area contributed by atoms with Gasteiger partial charge in [-0.15, -0.1) is 0 Å². The summed E-state index contributed by atoms with van der Waals surface area (Å²) in [4.78, 5) is 53.6. The Kier molecular flexibility index (Phi) is 5.07. The first-order chi connectivity index (χ1) is 16.1. The lowest BCUT2D eigenvalue weighted by atomic mass is 10.2. The molecule has 0 aliphatic carbocycles. The first kappa shape index (κ1) is 20.1. The van der Waals surface area contributed by atoms with E-state index >= 15 is 0 Å². The standard InChI is InChI=1S/C23H17N7O3/c31-21(26-12-19-27-16-5-1-2-6-17(16)28-19)15-7-8-20-25-11-18(23(33)30(20)13-15)29-22(32)14-4-3-9-24-10-14/h1-11,13H,12H2,(H,26,31)(H,27,28)(H,29,32). The van der Waals surface area contributed by atoms with Crippen LogP contribution in [-0.2, 0) is 6.54 Å².